The van der Waals surface area contributed by atoms with Crippen molar-refractivity contribution in [2.75, 3.05) is 6.61 Å². The summed E-state index contributed by atoms with van der Waals surface area (Å²) in [6, 6.07) is 7.59. The average molecular weight is 241 g/mol. The standard InChI is InChI=1S/C14H15N3O/c1-4-18-11(3)12-6-5-7-13(17-12)14-8-10(2)15-9-16-14/h5-9H,3-4H2,1-2H3. The Balaban J connectivity index is 2.35. The van der Waals surface area contributed by atoms with Crippen LogP contribution in [0.1, 0.15) is 18.3 Å². The second kappa shape index (κ2) is 5.40. The fourth-order valence-electron chi connectivity index (χ4n) is 1.58. The maximum absolute atomic E-state index is 5.35. The van der Waals surface area contributed by atoms with Crippen molar-refractivity contribution in [1.82, 2.24) is 15.0 Å². The Morgan fingerprint density at radius 1 is 1.28 bits per heavy atom. The van der Waals surface area contributed by atoms with E-state index in [4.69, 9.17) is 4.74 Å². The van der Waals surface area contributed by atoms with Gasteiger partial charge in [0.2, 0.25) is 0 Å². The highest BCUT2D eigenvalue weighted by atomic mass is 16.5. The fourth-order valence-corrected chi connectivity index (χ4v) is 1.58. The van der Waals surface area contributed by atoms with Gasteiger partial charge in [-0.3, -0.25) is 0 Å². The molecule has 4 nitrogen and oxygen atoms in total. The van der Waals surface area contributed by atoms with E-state index in [2.05, 4.69) is 21.5 Å². The molecular weight excluding hydrogens is 226 g/mol. The third-order valence-corrected chi connectivity index (χ3v) is 2.42. The first-order chi connectivity index (χ1) is 8.70. The first-order valence-corrected chi connectivity index (χ1v) is 5.79. The lowest BCUT2D eigenvalue weighted by Crippen LogP contribution is -1.96. The van der Waals surface area contributed by atoms with Gasteiger partial charge < -0.3 is 4.74 Å². The Bertz CT molecular complexity index is 566. The lowest BCUT2D eigenvalue weighted by molar-refractivity contribution is 0.298. The molecule has 0 unspecified atom stereocenters. The zero-order valence-corrected chi connectivity index (χ0v) is 10.6. The molecule has 0 fully saturated rings. The van der Waals surface area contributed by atoms with Crippen LogP contribution in [0.25, 0.3) is 17.1 Å². The summed E-state index contributed by atoms with van der Waals surface area (Å²) in [6.07, 6.45) is 1.54. The minimum atomic E-state index is 0.574. The van der Waals surface area contributed by atoms with Gasteiger partial charge in [0.1, 0.15) is 17.8 Å². The van der Waals surface area contributed by atoms with Crippen LogP contribution in [0.4, 0.5) is 0 Å². The predicted octanol–water partition coefficient (Wildman–Crippen LogP) is 2.85. The molecule has 0 radical (unpaired) electrons. The van der Waals surface area contributed by atoms with Crippen molar-refractivity contribution in [2.45, 2.75) is 13.8 Å². The molecule has 0 atom stereocenters. The summed E-state index contributed by atoms with van der Waals surface area (Å²) in [5.41, 5.74) is 3.23. The quantitative estimate of drug-likeness (QED) is 0.772. The van der Waals surface area contributed by atoms with Gasteiger partial charge in [-0.1, -0.05) is 12.6 Å². The van der Waals surface area contributed by atoms with Crippen molar-refractivity contribution in [2.24, 2.45) is 0 Å². The van der Waals surface area contributed by atoms with E-state index in [0.717, 1.165) is 22.8 Å². The minimum Gasteiger partial charge on any atom is -0.492 e. The number of nitrogens with zero attached hydrogens (tertiary/aromatic N) is 3. The second-order valence-corrected chi connectivity index (χ2v) is 3.81. The Morgan fingerprint density at radius 3 is 2.83 bits per heavy atom. The van der Waals surface area contributed by atoms with Crippen molar-refractivity contribution in [3.8, 4) is 11.4 Å². The van der Waals surface area contributed by atoms with Crippen LogP contribution in [0.3, 0.4) is 0 Å². The average Bonchev–Trinajstić information content (AvgIpc) is 2.39. The van der Waals surface area contributed by atoms with Crippen LogP contribution >= 0.6 is 0 Å². The molecular formula is C14H15N3O. The summed E-state index contributed by atoms with van der Waals surface area (Å²) in [4.78, 5) is 12.8. The minimum absolute atomic E-state index is 0.574. The molecule has 2 aromatic rings. The highest BCUT2D eigenvalue weighted by molar-refractivity contribution is 5.60. The van der Waals surface area contributed by atoms with Gasteiger partial charge in [0.25, 0.3) is 0 Å². The van der Waals surface area contributed by atoms with Gasteiger partial charge in [-0.25, -0.2) is 15.0 Å². The predicted molar refractivity (Wildman–Crippen MR) is 70.7 cm³/mol. The maximum Gasteiger partial charge on any atom is 0.137 e. The summed E-state index contributed by atoms with van der Waals surface area (Å²) < 4.78 is 5.35. The third kappa shape index (κ3) is 2.71. The van der Waals surface area contributed by atoms with Crippen molar-refractivity contribution in [3.63, 3.8) is 0 Å². The molecule has 0 N–H and O–H groups in total. The zero-order chi connectivity index (χ0) is 13.0. The number of hydrogen-bond acceptors (Lipinski definition) is 4. The normalized spacial score (nSPS) is 10.1. The van der Waals surface area contributed by atoms with E-state index in [0.29, 0.717) is 12.4 Å². The van der Waals surface area contributed by atoms with Gasteiger partial charge in [0.15, 0.2) is 0 Å². The van der Waals surface area contributed by atoms with E-state index < -0.39 is 0 Å². The SMILES string of the molecule is C=C(OCC)c1cccc(-c2cc(C)ncn2)n1. The lowest BCUT2D eigenvalue weighted by atomic mass is 10.2. The third-order valence-electron chi connectivity index (χ3n) is 2.42. The monoisotopic (exact) mass is 241 g/mol. The molecule has 0 amide bonds. The first-order valence-electron chi connectivity index (χ1n) is 5.79. The second-order valence-electron chi connectivity index (χ2n) is 3.81. The molecule has 0 aliphatic carbocycles. The molecule has 0 spiro atoms. The topological polar surface area (TPSA) is 47.9 Å². The van der Waals surface area contributed by atoms with E-state index in [1.165, 1.54) is 6.33 Å². The van der Waals surface area contributed by atoms with Crippen molar-refractivity contribution < 1.29 is 4.74 Å². The van der Waals surface area contributed by atoms with Gasteiger partial charge in [-0.05, 0) is 32.0 Å². The highest BCUT2D eigenvalue weighted by Crippen LogP contribution is 2.18. The maximum atomic E-state index is 5.35. The molecule has 2 aromatic heterocycles. The van der Waals surface area contributed by atoms with Crippen molar-refractivity contribution >= 4 is 5.76 Å². The van der Waals surface area contributed by atoms with Crippen molar-refractivity contribution in [1.29, 1.82) is 0 Å². The Hall–Kier alpha value is -2.23. The molecule has 0 saturated heterocycles. The van der Waals surface area contributed by atoms with Crippen LogP contribution in [-0.4, -0.2) is 21.6 Å². The van der Waals surface area contributed by atoms with Crippen LogP contribution < -0.4 is 0 Å². The van der Waals surface area contributed by atoms with Crippen LogP contribution in [0.5, 0.6) is 0 Å². The molecule has 92 valence electrons. The van der Waals surface area contributed by atoms with Gasteiger partial charge in [0, 0.05) is 5.69 Å². The number of hydrogen-bond donors (Lipinski definition) is 0. The molecule has 0 aromatic carbocycles. The molecule has 4 heteroatoms. The molecule has 2 heterocycles. The number of pyridine rings is 1. The van der Waals surface area contributed by atoms with Crippen LogP contribution in [0, 0.1) is 6.92 Å². The Labute approximate surface area is 106 Å². The molecule has 0 aliphatic heterocycles. The smallest absolute Gasteiger partial charge is 0.137 e. The molecule has 18 heavy (non-hydrogen) atoms. The number of aromatic nitrogens is 3. The van der Waals surface area contributed by atoms with E-state index in [9.17, 15) is 0 Å². The van der Waals surface area contributed by atoms with E-state index >= 15 is 0 Å². The largest absolute Gasteiger partial charge is 0.492 e. The molecule has 0 saturated carbocycles. The van der Waals surface area contributed by atoms with E-state index in [1.54, 1.807) is 0 Å². The lowest BCUT2D eigenvalue weighted by Gasteiger charge is -2.07. The van der Waals surface area contributed by atoms with Crippen LogP contribution in [-0.2, 0) is 4.74 Å². The van der Waals surface area contributed by atoms with Crippen molar-refractivity contribution in [3.05, 3.63) is 48.6 Å². The summed E-state index contributed by atoms with van der Waals surface area (Å²) >= 11 is 0. The number of aryl methyl sites for hydroxylation is 1. The van der Waals surface area contributed by atoms with Gasteiger partial charge in [0.05, 0.1) is 18.0 Å². The zero-order valence-electron chi connectivity index (χ0n) is 10.6. The van der Waals surface area contributed by atoms with Crippen LogP contribution in [0.15, 0.2) is 37.2 Å². The first kappa shape index (κ1) is 12.2. The summed E-state index contributed by atoms with van der Waals surface area (Å²) in [7, 11) is 0. The van der Waals surface area contributed by atoms with E-state index in [-0.39, 0.29) is 0 Å². The van der Waals surface area contributed by atoms with Gasteiger partial charge >= 0.3 is 0 Å². The molecule has 2 rings (SSSR count). The molecule has 0 aliphatic rings. The summed E-state index contributed by atoms with van der Waals surface area (Å²) in [5.74, 6) is 0.574. The van der Waals surface area contributed by atoms with Gasteiger partial charge in [-0.15, -0.1) is 0 Å². The van der Waals surface area contributed by atoms with E-state index in [1.807, 2.05) is 38.1 Å². The Morgan fingerprint density at radius 2 is 2.11 bits per heavy atom. The summed E-state index contributed by atoms with van der Waals surface area (Å²) in [6.45, 7) is 8.27. The Kier molecular flexibility index (Phi) is 3.67. The number of ether oxygens (including phenoxy) is 1. The summed E-state index contributed by atoms with van der Waals surface area (Å²) in [5, 5.41) is 0. The fraction of sp³-hybridized carbons (Fsp3) is 0.214. The molecule has 0 bridgehead atoms. The number of rotatable bonds is 4. The van der Waals surface area contributed by atoms with Crippen LogP contribution in [0.2, 0.25) is 0 Å². The highest BCUT2D eigenvalue weighted by Gasteiger charge is 2.05. The van der Waals surface area contributed by atoms with Gasteiger partial charge in [-0.2, -0.15) is 0 Å².